The second-order valence-corrected chi connectivity index (χ2v) is 3.91. The normalized spacial score (nSPS) is 10.8. The molecule has 0 heterocycles. The Bertz CT molecular complexity index is 473. The number of ether oxygens (including phenoxy) is 1. The van der Waals surface area contributed by atoms with E-state index in [-0.39, 0.29) is 13.2 Å². The van der Waals surface area contributed by atoms with E-state index in [1.807, 2.05) is 30.3 Å². The van der Waals surface area contributed by atoms with Crippen LogP contribution in [0, 0.1) is 0 Å². The minimum atomic E-state index is -1.11. The first kappa shape index (κ1) is 15.5. The van der Waals surface area contributed by atoms with Crippen molar-refractivity contribution in [1.29, 1.82) is 0 Å². The Morgan fingerprint density at radius 2 is 2.00 bits per heavy atom. The van der Waals surface area contributed by atoms with Crippen LogP contribution < -0.4 is 5.32 Å². The SMILES string of the molecule is C/C(CNC(=O)OCc1ccccc1)=N\OCC(=O)O. The number of benzene rings is 1. The van der Waals surface area contributed by atoms with Crippen molar-refractivity contribution in [3.05, 3.63) is 35.9 Å². The Labute approximate surface area is 116 Å². The highest BCUT2D eigenvalue weighted by atomic mass is 16.6. The molecule has 20 heavy (non-hydrogen) atoms. The summed E-state index contributed by atoms with van der Waals surface area (Å²) in [7, 11) is 0. The average molecular weight is 280 g/mol. The smallest absolute Gasteiger partial charge is 0.407 e. The molecule has 1 aromatic rings. The number of rotatable bonds is 7. The fraction of sp³-hybridized carbons (Fsp3) is 0.308. The minimum Gasteiger partial charge on any atom is -0.479 e. The fourth-order valence-electron chi connectivity index (χ4n) is 1.20. The second kappa shape index (κ2) is 8.52. The summed E-state index contributed by atoms with van der Waals surface area (Å²) < 4.78 is 4.98. The van der Waals surface area contributed by atoms with Crippen molar-refractivity contribution in [3.63, 3.8) is 0 Å². The third kappa shape index (κ3) is 7.00. The molecule has 2 N–H and O–H groups in total. The number of nitrogens with one attached hydrogen (secondary N) is 1. The third-order valence-electron chi connectivity index (χ3n) is 2.11. The number of oxime groups is 1. The fourth-order valence-corrected chi connectivity index (χ4v) is 1.20. The highest BCUT2D eigenvalue weighted by Gasteiger charge is 2.03. The molecule has 0 atom stereocenters. The minimum absolute atomic E-state index is 0.118. The van der Waals surface area contributed by atoms with Gasteiger partial charge in [-0.3, -0.25) is 0 Å². The average Bonchev–Trinajstić information content (AvgIpc) is 2.43. The van der Waals surface area contributed by atoms with Crippen molar-refractivity contribution >= 4 is 17.8 Å². The van der Waals surface area contributed by atoms with Crippen molar-refractivity contribution in [3.8, 4) is 0 Å². The first-order chi connectivity index (χ1) is 9.58. The maximum Gasteiger partial charge on any atom is 0.407 e. The molecule has 0 fully saturated rings. The van der Waals surface area contributed by atoms with Crippen molar-refractivity contribution in [2.75, 3.05) is 13.2 Å². The summed E-state index contributed by atoms with van der Waals surface area (Å²) in [6.07, 6.45) is -0.582. The molecule has 7 heteroatoms. The summed E-state index contributed by atoms with van der Waals surface area (Å²) in [5.74, 6) is -1.11. The van der Waals surface area contributed by atoms with E-state index in [0.29, 0.717) is 5.71 Å². The molecule has 0 aliphatic rings. The van der Waals surface area contributed by atoms with Gasteiger partial charge in [-0.25, -0.2) is 9.59 Å². The Kier molecular flexibility index (Phi) is 6.60. The lowest BCUT2D eigenvalue weighted by atomic mass is 10.2. The molecule has 1 amide bonds. The summed E-state index contributed by atoms with van der Waals surface area (Å²) in [6.45, 7) is 1.38. The van der Waals surface area contributed by atoms with E-state index in [9.17, 15) is 9.59 Å². The zero-order chi connectivity index (χ0) is 14.8. The van der Waals surface area contributed by atoms with Crippen LogP contribution in [-0.4, -0.2) is 36.0 Å². The van der Waals surface area contributed by atoms with Crippen LogP contribution >= 0.6 is 0 Å². The van der Waals surface area contributed by atoms with E-state index in [1.165, 1.54) is 0 Å². The lowest BCUT2D eigenvalue weighted by Crippen LogP contribution is -2.29. The Morgan fingerprint density at radius 1 is 1.30 bits per heavy atom. The highest BCUT2D eigenvalue weighted by Crippen LogP contribution is 2.00. The standard InChI is InChI=1S/C13H16N2O5/c1-10(15-20-9-12(16)17)7-14-13(18)19-8-11-5-3-2-4-6-11/h2-6H,7-9H2,1H3,(H,14,18)(H,16,17)/b15-10+. The van der Waals surface area contributed by atoms with Gasteiger partial charge in [0, 0.05) is 0 Å². The van der Waals surface area contributed by atoms with Crippen molar-refractivity contribution < 1.29 is 24.3 Å². The van der Waals surface area contributed by atoms with Crippen LogP contribution in [0.5, 0.6) is 0 Å². The van der Waals surface area contributed by atoms with Crippen LogP contribution in [0.3, 0.4) is 0 Å². The molecule has 7 nitrogen and oxygen atoms in total. The third-order valence-corrected chi connectivity index (χ3v) is 2.11. The van der Waals surface area contributed by atoms with Gasteiger partial charge in [-0.2, -0.15) is 0 Å². The van der Waals surface area contributed by atoms with Gasteiger partial charge in [0.05, 0.1) is 12.3 Å². The molecule has 0 unspecified atom stereocenters. The van der Waals surface area contributed by atoms with Crippen LogP contribution in [-0.2, 0) is 21.0 Å². The quantitative estimate of drug-likeness (QED) is 0.581. The topological polar surface area (TPSA) is 97.2 Å². The molecule has 0 bridgehead atoms. The van der Waals surface area contributed by atoms with Gasteiger partial charge in [-0.1, -0.05) is 35.5 Å². The van der Waals surface area contributed by atoms with E-state index >= 15 is 0 Å². The Morgan fingerprint density at radius 3 is 2.65 bits per heavy atom. The number of hydrogen-bond donors (Lipinski definition) is 2. The van der Waals surface area contributed by atoms with Gasteiger partial charge in [-0.15, -0.1) is 0 Å². The van der Waals surface area contributed by atoms with Crippen LogP contribution in [0.25, 0.3) is 0 Å². The zero-order valence-corrected chi connectivity index (χ0v) is 11.0. The molecule has 0 aliphatic heterocycles. The molecule has 1 aromatic carbocycles. The number of carboxylic acids is 1. The van der Waals surface area contributed by atoms with Crippen molar-refractivity contribution in [2.45, 2.75) is 13.5 Å². The molecular weight excluding hydrogens is 264 g/mol. The molecule has 0 spiro atoms. The van der Waals surface area contributed by atoms with Gasteiger partial charge in [0.25, 0.3) is 0 Å². The van der Waals surface area contributed by atoms with Gasteiger partial charge < -0.3 is 20.0 Å². The molecular formula is C13H16N2O5. The summed E-state index contributed by atoms with van der Waals surface area (Å²) >= 11 is 0. The molecule has 0 radical (unpaired) electrons. The van der Waals surface area contributed by atoms with Crippen LogP contribution in [0.15, 0.2) is 35.5 Å². The molecule has 0 saturated carbocycles. The molecule has 0 saturated heterocycles. The Balaban J connectivity index is 2.21. The van der Waals surface area contributed by atoms with E-state index in [4.69, 9.17) is 9.84 Å². The number of alkyl carbamates (subject to hydrolysis) is 1. The lowest BCUT2D eigenvalue weighted by molar-refractivity contribution is -0.142. The predicted octanol–water partition coefficient (Wildman–Crippen LogP) is 1.39. The number of amides is 1. The van der Waals surface area contributed by atoms with E-state index in [0.717, 1.165) is 5.56 Å². The number of hydrogen-bond acceptors (Lipinski definition) is 5. The molecule has 0 aromatic heterocycles. The van der Waals surface area contributed by atoms with Gasteiger partial charge in [-0.05, 0) is 12.5 Å². The van der Waals surface area contributed by atoms with Crippen LogP contribution in [0.4, 0.5) is 4.79 Å². The van der Waals surface area contributed by atoms with E-state index in [2.05, 4.69) is 15.3 Å². The maximum atomic E-state index is 11.4. The summed E-state index contributed by atoms with van der Waals surface area (Å²) in [6, 6.07) is 9.28. The first-order valence-corrected chi connectivity index (χ1v) is 5.89. The molecule has 1 rings (SSSR count). The van der Waals surface area contributed by atoms with Crippen LogP contribution in [0.1, 0.15) is 12.5 Å². The largest absolute Gasteiger partial charge is 0.479 e. The van der Waals surface area contributed by atoms with Crippen LogP contribution in [0.2, 0.25) is 0 Å². The van der Waals surface area contributed by atoms with E-state index < -0.39 is 18.7 Å². The summed E-state index contributed by atoms with van der Waals surface area (Å²) in [5.41, 5.74) is 1.32. The van der Waals surface area contributed by atoms with Gasteiger partial charge in [0.1, 0.15) is 6.61 Å². The highest BCUT2D eigenvalue weighted by molar-refractivity contribution is 5.86. The molecule has 108 valence electrons. The van der Waals surface area contributed by atoms with Crippen molar-refractivity contribution in [2.24, 2.45) is 5.16 Å². The predicted molar refractivity (Wildman–Crippen MR) is 71.3 cm³/mol. The second-order valence-electron chi connectivity index (χ2n) is 3.91. The van der Waals surface area contributed by atoms with Gasteiger partial charge in [0.2, 0.25) is 6.61 Å². The number of carboxylic acid groups (broad SMARTS) is 1. The van der Waals surface area contributed by atoms with Gasteiger partial charge >= 0.3 is 12.1 Å². The summed E-state index contributed by atoms with van der Waals surface area (Å²) in [5, 5.41) is 14.3. The van der Waals surface area contributed by atoms with E-state index in [1.54, 1.807) is 6.92 Å². The Hall–Kier alpha value is -2.57. The number of nitrogens with zero attached hydrogens (tertiary/aromatic N) is 1. The number of carbonyl (C=O) groups excluding carboxylic acids is 1. The zero-order valence-electron chi connectivity index (χ0n) is 11.0. The van der Waals surface area contributed by atoms with Crippen molar-refractivity contribution in [1.82, 2.24) is 5.32 Å². The maximum absolute atomic E-state index is 11.4. The monoisotopic (exact) mass is 280 g/mol. The number of carbonyl (C=O) groups is 2. The molecule has 0 aliphatic carbocycles. The number of aliphatic carboxylic acids is 1. The summed E-state index contributed by atoms with van der Waals surface area (Å²) in [4.78, 5) is 26.1. The lowest BCUT2D eigenvalue weighted by Gasteiger charge is -2.06. The first-order valence-electron chi connectivity index (χ1n) is 5.89. The van der Waals surface area contributed by atoms with Gasteiger partial charge in [0.15, 0.2) is 0 Å².